The van der Waals surface area contributed by atoms with Gasteiger partial charge in [-0.1, -0.05) is 36.4 Å². The van der Waals surface area contributed by atoms with Gasteiger partial charge in [0.1, 0.15) is 18.0 Å². The lowest BCUT2D eigenvalue weighted by Crippen LogP contribution is -2.56. The van der Waals surface area contributed by atoms with Crippen molar-refractivity contribution in [3.63, 3.8) is 0 Å². The Hall–Kier alpha value is -4.30. The molecule has 0 saturated carbocycles. The molecule has 3 aliphatic rings. The topological polar surface area (TPSA) is 161 Å². The maximum atomic E-state index is 13.2. The zero-order chi connectivity index (χ0) is 40.2. The maximum Gasteiger partial charge on any atom is 0.410 e. The van der Waals surface area contributed by atoms with Gasteiger partial charge in [-0.25, -0.2) is 4.79 Å². The summed E-state index contributed by atoms with van der Waals surface area (Å²) in [7, 11) is 2.09. The number of nitriles is 1. The number of amides is 1. The molecule has 15 nitrogen and oxygen atoms in total. The molecule has 3 aromatic rings. The molecule has 6 rings (SSSR count). The lowest BCUT2D eigenvalue weighted by atomic mass is 10.0. The summed E-state index contributed by atoms with van der Waals surface area (Å²) >= 11 is 0. The van der Waals surface area contributed by atoms with Crippen molar-refractivity contribution in [1.29, 1.82) is 5.26 Å². The van der Waals surface area contributed by atoms with Crippen molar-refractivity contribution in [3.8, 4) is 12.1 Å². The highest BCUT2D eigenvalue weighted by atomic mass is 16.6. The highest BCUT2D eigenvalue weighted by Crippen LogP contribution is 2.35. The summed E-state index contributed by atoms with van der Waals surface area (Å²) in [5, 5.41) is 12.2. The fraction of sp³-hybridized carbons (Fsp3) is 0.619. The van der Waals surface area contributed by atoms with E-state index in [2.05, 4.69) is 70.3 Å². The minimum absolute atomic E-state index is 0.0655. The van der Waals surface area contributed by atoms with Crippen LogP contribution in [-0.2, 0) is 36.6 Å². The first-order valence-corrected chi connectivity index (χ1v) is 20.3. The number of nitrogens with zero attached hydrogens (tertiary/aromatic N) is 7. The van der Waals surface area contributed by atoms with Crippen LogP contribution in [0.5, 0.6) is 6.01 Å². The highest BCUT2D eigenvalue weighted by molar-refractivity contribution is 5.94. The predicted molar refractivity (Wildman–Crippen MR) is 218 cm³/mol. The molecule has 15 heteroatoms. The first-order chi connectivity index (χ1) is 27.6. The molecule has 0 spiro atoms. The molecule has 2 aromatic carbocycles. The molecule has 3 atom stereocenters. The zero-order valence-electron chi connectivity index (χ0n) is 34.1. The van der Waals surface area contributed by atoms with Crippen LogP contribution in [0.25, 0.3) is 10.8 Å². The number of likely N-dealkylation sites (tertiary alicyclic amines) is 1. The molecule has 2 fully saturated rings. The summed E-state index contributed by atoms with van der Waals surface area (Å²) in [6.45, 7) is 13.7. The molecule has 1 amide bonds. The lowest BCUT2D eigenvalue weighted by Gasteiger charge is -2.42. The van der Waals surface area contributed by atoms with E-state index in [4.69, 9.17) is 44.1 Å². The van der Waals surface area contributed by atoms with Crippen molar-refractivity contribution in [3.05, 3.63) is 53.7 Å². The van der Waals surface area contributed by atoms with Crippen LogP contribution in [0, 0.1) is 11.3 Å². The Bertz CT molecular complexity index is 1800. The molecule has 0 radical (unpaired) electrons. The summed E-state index contributed by atoms with van der Waals surface area (Å²) in [6.07, 6.45) is 1.41. The molecule has 3 aliphatic heterocycles. The average Bonchev–Trinajstić information content (AvgIpc) is 3.56. The Morgan fingerprint density at radius 1 is 0.895 bits per heavy atom. The second-order valence-electron chi connectivity index (χ2n) is 15.8. The number of fused-ring (bicyclic) bond motifs is 2. The molecule has 57 heavy (non-hydrogen) atoms. The van der Waals surface area contributed by atoms with Gasteiger partial charge in [0.05, 0.1) is 83.1 Å². The number of hydrogen-bond acceptors (Lipinski definition) is 14. The van der Waals surface area contributed by atoms with Gasteiger partial charge in [-0.05, 0) is 52.1 Å². The van der Waals surface area contributed by atoms with Gasteiger partial charge < -0.3 is 48.9 Å². The van der Waals surface area contributed by atoms with Gasteiger partial charge in [-0.15, -0.1) is 0 Å². The molecular formula is C42H60N8O7. The number of benzene rings is 2. The number of hydrogen-bond donors (Lipinski definition) is 1. The number of ether oxygens (including phenoxy) is 6. The highest BCUT2D eigenvalue weighted by Gasteiger charge is 2.36. The van der Waals surface area contributed by atoms with Crippen molar-refractivity contribution in [1.82, 2.24) is 19.8 Å². The number of carbonyl (C=O) groups excluding carboxylic acids is 1. The quantitative estimate of drug-likeness (QED) is 0.184. The lowest BCUT2D eigenvalue weighted by molar-refractivity contribution is -0.0157. The smallest absolute Gasteiger partial charge is 0.410 e. The number of likely N-dealkylation sites (N-methyl/N-ethyl adjacent to an activating group) is 1. The van der Waals surface area contributed by atoms with Gasteiger partial charge in [0.2, 0.25) is 0 Å². The normalized spacial score (nSPS) is 20.1. The van der Waals surface area contributed by atoms with Gasteiger partial charge >= 0.3 is 12.1 Å². The average molecular weight is 789 g/mol. The van der Waals surface area contributed by atoms with Crippen molar-refractivity contribution < 1.29 is 33.2 Å². The van der Waals surface area contributed by atoms with Gasteiger partial charge in [0.25, 0.3) is 0 Å². The standard InChI is InChI=1S/C42H60N8O7/c1-42(2,3)57-41(51)50-18-17-49(27-32(50)12-14-43)39-36-13-16-48(38-11-7-9-31-8-5-6-10-35(31)38)29-37(36)45-40(46-39)56-30-33-26-34(28-47(33)4)55-25-24-54-23-22-53-21-20-52-19-15-44/h5-11,32-34H,12-13,15-30,44H2,1-4H3. The first-order valence-electron chi connectivity index (χ1n) is 20.3. The van der Waals surface area contributed by atoms with E-state index in [-0.39, 0.29) is 24.6 Å². The van der Waals surface area contributed by atoms with Crippen LogP contribution < -0.4 is 20.3 Å². The van der Waals surface area contributed by atoms with Crippen molar-refractivity contribution in [2.75, 3.05) is 109 Å². The Labute approximate surface area is 336 Å². The monoisotopic (exact) mass is 788 g/mol. The number of aromatic nitrogens is 2. The summed E-state index contributed by atoms with van der Waals surface area (Å²) in [6, 6.07) is 17.3. The van der Waals surface area contributed by atoms with Crippen LogP contribution in [0.3, 0.4) is 0 Å². The van der Waals surface area contributed by atoms with E-state index >= 15 is 0 Å². The Balaban J connectivity index is 1.12. The largest absolute Gasteiger partial charge is 0.462 e. The van der Waals surface area contributed by atoms with Gasteiger partial charge in [0, 0.05) is 61.9 Å². The second-order valence-corrected chi connectivity index (χ2v) is 15.8. The van der Waals surface area contributed by atoms with E-state index in [9.17, 15) is 10.1 Å². The molecular weight excluding hydrogens is 729 g/mol. The Morgan fingerprint density at radius 3 is 2.39 bits per heavy atom. The third-order valence-corrected chi connectivity index (χ3v) is 10.5. The summed E-state index contributed by atoms with van der Waals surface area (Å²) in [4.78, 5) is 31.8. The Kier molecular flexibility index (Phi) is 15.1. The number of anilines is 2. The maximum absolute atomic E-state index is 13.2. The number of piperazine rings is 1. The number of rotatable bonds is 18. The third kappa shape index (κ3) is 11.6. The van der Waals surface area contributed by atoms with E-state index in [1.54, 1.807) is 4.90 Å². The molecule has 0 aliphatic carbocycles. The van der Waals surface area contributed by atoms with Gasteiger partial charge in [-0.2, -0.15) is 15.2 Å². The molecule has 2 N–H and O–H groups in total. The van der Waals surface area contributed by atoms with Crippen molar-refractivity contribution in [2.24, 2.45) is 5.73 Å². The van der Waals surface area contributed by atoms with Crippen molar-refractivity contribution >= 4 is 28.4 Å². The minimum atomic E-state index is -0.635. The molecule has 2 saturated heterocycles. The predicted octanol–water partition coefficient (Wildman–Crippen LogP) is 4.01. The molecule has 4 heterocycles. The van der Waals surface area contributed by atoms with Crippen LogP contribution in [0.2, 0.25) is 0 Å². The SMILES string of the molecule is CN1CC(OCCOCCOCCOCCN)CC1COc1nc2c(c(N3CCN(C(=O)OC(C)(C)C)C(CC#N)C3)n1)CCN(c1cccc3ccccc13)C2. The Morgan fingerprint density at radius 2 is 1.63 bits per heavy atom. The molecule has 1 aromatic heterocycles. The van der Waals surface area contributed by atoms with Crippen LogP contribution in [-0.4, -0.2) is 149 Å². The van der Waals surface area contributed by atoms with E-state index in [1.807, 2.05) is 20.8 Å². The zero-order valence-corrected chi connectivity index (χ0v) is 34.1. The van der Waals surface area contributed by atoms with Gasteiger partial charge in [-0.3, -0.25) is 4.90 Å². The van der Waals surface area contributed by atoms with Crippen LogP contribution in [0.1, 0.15) is 44.9 Å². The first kappa shape index (κ1) is 42.3. The summed E-state index contributed by atoms with van der Waals surface area (Å²) < 4.78 is 34.8. The molecule has 3 unspecified atom stereocenters. The van der Waals surface area contributed by atoms with Crippen LogP contribution >= 0.6 is 0 Å². The fourth-order valence-corrected chi connectivity index (χ4v) is 7.71. The fourth-order valence-electron chi connectivity index (χ4n) is 7.71. The summed E-state index contributed by atoms with van der Waals surface area (Å²) in [5.41, 5.74) is 7.95. The van der Waals surface area contributed by atoms with Crippen LogP contribution in [0.15, 0.2) is 42.5 Å². The molecule has 310 valence electrons. The van der Waals surface area contributed by atoms with Crippen molar-refractivity contribution in [2.45, 2.75) is 70.4 Å². The third-order valence-electron chi connectivity index (χ3n) is 10.5. The van der Waals surface area contributed by atoms with E-state index in [0.29, 0.717) is 91.6 Å². The van der Waals surface area contributed by atoms with Gasteiger partial charge in [0.15, 0.2) is 0 Å². The number of nitrogens with two attached hydrogens (primary N) is 1. The summed E-state index contributed by atoms with van der Waals surface area (Å²) in [5.74, 6) is 0.811. The van der Waals surface area contributed by atoms with E-state index in [1.165, 1.54) is 16.5 Å². The molecule has 0 bridgehead atoms. The van der Waals surface area contributed by atoms with E-state index < -0.39 is 11.7 Å². The number of carbonyl (C=O) groups is 1. The minimum Gasteiger partial charge on any atom is -0.462 e. The van der Waals surface area contributed by atoms with Crippen LogP contribution in [0.4, 0.5) is 16.3 Å². The second kappa shape index (κ2) is 20.4. The van der Waals surface area contributed by atoms with E-state index in [0.717, 1.165) is 43.0 Å².